The molecule has 0 aromatic heterocycles. The lowest BCUT2D eigenvalue weighted by Gasteiger charge is -2.35. The number of carbonyl (C=O) groups is 1. The van der Waals surface area contributed by atoms with Crippen molar-refractivity contribution >= 4 is 5.91 Å². The number of carbonyl (C=O) groups excluding carboxylic acids is 1. The SMILES string of the molecule is CC(C1CC1)N(Cc1ccccc1)C(=O)[C@H]1Cc2ccccc2CN1. The van der Waals surface area contributed by atoms with Crippen LogP contribution >= 0.6 is 0 Å². The van der Waals surface area contributed by atoms with E-state index in [9.17, 15) is 4.79 Å². The summed E-state index contributed by atoms with van der Waals surface area (Å²) in [6, 6.07) is 19.0. The summed E-state index contributed by atoms with van der Waals surface area (Å²) in [5.41, 5.74) is 3.83. The lowest BCUT2D eigenvalue weighted by molar-refractivity contribution is -0.136. The third-order valence-electron chi connectivity index (χ3n) is 5.65. The van der Waals surface area contributed by atoms with E-state index >= 15 is 0 Å². The molecule has 2 aromatic carbocycles. The summed E-state index contributed by atoms with van der Waals surface area (Å²) < 4.78 is 0. The van der Waals surface area contributed by atoms with E-state index in [4.69, 9.17) is 0 Å². The first kappa shape index (κ1) is 16.3. The second-order valence-electron chi connectivity index (χ2n) is 7.44. The maximum Gasteiger partial charge on any atom is 0.240 e. The van der Waals surface area contributed by atoms with Gasteiger partial charge in [-0.1, -0.05) is 54.6 Å². The molecule has 2 aliphatic rings. The monoisotopic (exact) mass is 334 g/mol. The first-order chi connectivity index (χ1) is 12.2. The van der Waals surface area contributed by atoms with Gasteiger partial charge in [-0.15, -0.1) is 0 Å². The predicted molar refractivity (Wildman–Crippen MR) is 100.0 cm³/mol. The highest BCUT2D eigenvalue weighted by Gasteiger charge is 2.37. The van der Waals surface area contributed by atoms with Crippen molar-refractivity contribution in [3.05, 3.63) is 71.3 Å². The van der Waals surface area contributed by atoms with Gasteiger partial charge in [0.2, 0.25) is 5.91 Å². The molecule has 0 saturated heterocycles. The average Bonchev–Trinajstić information content (AvgIpc) is 3.51. The van der Waals surface area contributed by atoms with Crippen LogP contribution in [0.25, 0.3) is 0 Å². The molecule has 1 aliphatic heterocycles. The second kappa shape index (κ2) is 7.01. The molecule has 25 heavy (non-hydrogen) atoms. The van der Waals surface area contributed by atoms with E-state index in [1.54, 1.807) is 0 Å². The molecule has 0 spiro atoms. The number of rotatable bonds is 5. The summed E-state index contributed by atoms with van der Waals surface area (Å²) in [4.78, 5) is 15.5. The fraction of sp³-hybridized carbons (Fsp3) is 0.409. The molecule has 130 valence electrons. The maximum atomic E-state index is 13.3. The Morgan fingerprint density at radius 1 is 1.08 bits per heavy atom. The number of fused-ring (bicyclic) bond motifs is 1. The summed E-state index contributed by atoms with van der Waals surface area (Å²) in [6.45, 7) is 3.70. The highest BCUT2D eigenvalue weighted by molar-refractivity contribution is 5.83. The molecule has 1 fully saturated rings. The summed E-state index contributed by atoms with van der Waals surface area (Å²) >= 11 is 0. The molecule has 1 aliphatic carbocycles. The van der Waals surface area contributed by atoms with Crippen LogP contribution in [0.15, 0.2) is 54.6 Å². The predicted octanol–water partition coefficient (Wildman–Crippen LogP) is 3.53. The van der Waals surface area contributed by atoms with Crippen LogP contribution in [-0.2, 0) is 24.3 Å². The Balaban J connectivity index is 1.53. The topological polar surface area (TPSA) is 32.3 Å². The minimum absolute atomic E-state index is 0.111. The van der Waals surface area contributed by atoms with Gasteiger partial charge in [0.1, 0.15) is 0 Å². The van der Waals surface area contributed by atoms with Crippen LogP contribution in [0.5, 0.6) is 0 Å². The molecule has 1 N–H and O–H groups in total. The summed E-state index contributed by atoms with van der Waals surface area (Å²) in [5, 5.41) is 3.46. The number of nitrogens with one attached hydrogen (secondary N) is 1. The smallest absolute Gasteiger partial charge is 0.240 e. The van der Waals surface area contributed by atoms with E-state index in [1.807, 2.05) is 6.07 Å². The van der Waals surface area contributed by atoms with Gasteiger partial charge in [-0.05, 0) is 48.8 Å². The zero-order chi connectivity index (χ0) is 17.2. The zero-order valence-corrected chi connectivity index (χ0v) is 14.8. The van der Waals surface area contributed by atoms with E-state index in [0.717, 1.165) is 13.0 Å². The molecule has 3 nitrogen and oxygen atoms in total. The molecule has 0 radical (unpaired) electrons. The molecule has 1 heterocycles. The molecule has 2 aromatic rings. The van der Waals surface area contributed by atoms with Crippen LogP contribution in [0.3, 0.4) is 0 Å². The van der Waals surface area contributed by atoms with Gasteiger partial charge in [0, 0.05) is 19.1 Å². The van der Waals surface area contributed by atoms with Gasteiger partial charge in [-0.3, -0.25) is 4.79 Å². The lowest BCUT2D eigenvalue weighted by atomic mass is 9.94. The minimum Gasteiger partial charge on any atom is -0.334 e. The van der Waals surface area contributed by atoms with Gasteiger partial charge in [0.05, 0.1) is 6.04 Å². The van der Waals surface area contributed by atoms with Gasteiger partial charge < -0.3 is 10.2 Å². The Morgan fingerprint density at radius 3 is 2.48 bits per heavy atom. The first-order valence-corrected chi connectivity index (χ1v) is 9.37. The Bertz CT molecular complexity index is 739. The number of hydrogen-bond donors (Lipinski definition) is 1. The van der Waals surface area contributed by atoms with Crippen LogP contribution in [0, 0.1) is 5.92 Å². The number of hydrogen-bond acceptors (Lipinski definition) is 2. The lowest BCUT2D eigenvalue weighted by Crippen LogP contribution is -2.52. The van der Waals surface area contributed by atoms with Gasteiger partial charge >= 0.3 is 0 Å². The maximum absolute atomic E-state index is 13.3. The molecule has 4 rings (SSSR count). The average molecular weight is 334 g/mol. The first-order valence-electron chi connectivity index (χ1n) is 9.37. The molecular formula is C22H26N2O. The molecule has 2 atom stereocenters. The van der Waals surface area contributed by atoms with E-state index in [-0.39, 0.29) is 11.9 Å². The molecule has 1 amide bonds. The second-order valence-corrected chi connectivity index (χ2v) is 7.44. The van der Waals surface area contributed by atoms with E-state index in [1.165, 1.54) is 29.5 Å². The summed E-state index contributed by atoms with van der Waals surface area (Å²) in [6.07, 6.45) is 3.29. The highest BCUT2D eigenvalue weighted by Crippen LogP contribution is 2.36. The van der Waals surface area contributed by atoms with Gasteiger partial charge in [-0.25, -0.2) is 0 Å². The Kier molecular flexibility index (Phi) is 4.58. The number of nitrogens with zero attached hydrogens (tertiary/aromatic N) is 1. The van der Waals surface area contributed by atoms with Gasteiger partial charge in [0.15, 0.2) is 0 Å². The van der Waals surface area contributed by atoms with Crippen LogP contribution in [-0.4, -0.2) is 22.9 Å². The van der Waals surface area contributed by atoms with Gasteiger partial charge in [-0.2, -0.15) is 0 Å². The molecule has 1 unspecified atom stereocenters. The van der Waals surface area contributed by atoms with Crippen molar-refractivity contribution in [2.75, 3.05) is 0 Å². The standard InChI is InChI=1S/C22H26N2O/c1-16(18-11-12-18)24(15-17-7-3-2-4-8-17)22(25)21-13-19-9-5-6-10-20(19)14-23-21/h2-10,16,18,21,23H,11-15H2,1H3/t16?,21-/m1/s1. The fourth-order valence-electron chi connectivity index (χ4n) is 3.86. The Morgan fingerprint density at radius 2 is 1.76 bits per heavy atom. The van der Waals surface area contributed by atoms with E-state index < -0.39 is 0 Å². The molecular weight excluding hydrogens is 308 g/mol. The van der Waals surface area contributed by atoms with Crippen LogP contribution in [0.4, 0.5) is 0 Å². The summed E-state index contributed by atoms with van der Waals surface area (Å²) in [7, 11) is 0. The van der Waals surface area contributed by atoms with E-state index in [2.05, 4.69) is 65.7 Å². The largest absolute Gasteiger partial charge is 0.334 e. The van der Waals surface area contributed by atoms with Crippen molar-refractivity contribution in [3.8, 4) is 0 Å². The van der Waals surface area contributed by atoms with Crippen molar-refractivity contribution in [3.63, 3.8) is 0 Å². The van der Waals surface area contributed by atoms with Crippen molar-refractivity contribution in [2.24, 2.45) is 5.92 Å². The quantitative estimate of drug-likeness (QED) is 0.907. The number of benzene rings is 2. The Labute approximate surface area is 150 Å². The van der Waals surface area contributed by atoms with Crippen LogP contribution in [0.1, 0.15) is 36.5 Å². The van der Waals surface area contributed by atoms with Crippen molar-refractivity contribution in [1.29, 1.82) is 0 Å². The minimum atomic E-state index is -0.111. The van der Waals surface area contributed by atoms with Gasteiger partial charge in [0.25, 0.3) is 0 Å². The normalized spacial score (nSPS) is 20.6. The summed E-state index contributed by atoms with van der Waals surface area (Å²) in [5.74, 6) is 0.918. The van der Waals surface area contributed by atoms with Crippen molar-refractivity contribution in [1.82, 2.24) is 10.2 Å². The molecule has 1 saturated carbocycles. The van der Waals surface area contributed by atoms with E-state index in [0.29, 0.717) is 18.5 Å². The molecule has 0 bridgehead atoms. The fourth-order valence-corrected chi connectivity index (χ4v) is 3.86. The third-order valence-corrected chi connectivity index (χ3v) is 5.65. The third kappa shape index (κ3) is 3.62. The Hall–Kier alpha value is -2.13. The zero-order valence-electron chi connectivity index (χ0n) is 14.8. The highest BCUT2D eigenvalue weighted by atomic mass is 16.2. The van der Waals surface area contributed by atoms with Crippen LogP contribution in [0.2, 0.25) is 0 Å². The number of amides is 1. The van der Waals surface area contributed by atoms with Crippen LogP contribution < -0.4 is 5.32 Å². The van der Waals surface area contributed by atoms with Crippen molar-refractivity contribution in [2.45, 2.75) is 51.4 Å². The molecule has 3 heteroatoms. The van der Waals surface area contributed by atoms with Crippen molar-refractivity contribution < 1.29 is 4.79 Å².